The van der Waals surface area contributed by atoms with Crippen molar-refractivity contribution < 1.29 is 8.42 Å². The maximum Gasteiger partial charge on any atom is 0.168 e. The molecule has 0 aliphatic carbocycles. The Morgan fingerprint density at radius 2 is 1.61 bits per heavy atom. The van der Waals surface area contributed by atoms with Gasteiger partial charge in [-0.25, -0.2) is 8.42 Å². The van der Waals surface area contributed by atoms with Crippen LogP contribution in [0.5, 0.6) is 0 Å². The van der Waals surface area contributed by atoms with Gasteiger partial charge in [-0.15, -0.1) is 0 Å². The lowest BCUT2D eigenvalue weighted by Crippen LogP contribution is -2.25. The Kier molecular flexibility index (Phi) is 4.26. The van der Waals surface area contributed by atoms with Crippen LogP contribution in [0.4, 0.5) is 0 Å². The second-order valence-electron chi connectivity index (χ2n) is 6.88. The van der Waals surface area contributed by atoms with Crippen molar-refractivity contribution in [1.82, 2.24) is 0 Å². The molecule has 0 saturated heterocycles. The first-order valence-electron chi connectivity index (χ1n) is 6.28. The number of rotatable bonds is 3. The molecule has 1 rings (SSSR count). The summed E-state index contributed by atoms with van der Waals surface area (Å²) in [5.74, 6) is 0. The fourth-order valence-electron chi connectivity index (χ4n) is 2.65. The number of hydrogen-bond acceptors (Lipinski definition) is 2. The monoisotopic (exact) mass is 268 g/mol. The summed E-state index contributed by atoms with van der Waals surface area (Å²) in [6.45, 7) is 12.8. The van der Waals surface area contributed by atoms with Gasteiger partial charge in [0.1, 0.15) is 0 Å². The molecule has 102 valence electrons. The van der Waals surface area contributed by atoms with Gasteiger partial charge in [0.25, 0.3) is 0 Å². The first-order valence-corrected chi connectivity index (χ1v) is 7.46. The first kappa shape index (κ1) is 15.2. The second kappa shape index (κ2) is 5.04. The number of aryl methyl sites for hydroxylation is 1. The van der Waals surface area contributed by atoms with Crippen LogP contribution in [0, 0.1) is 12.3 Å². The molecule has 0 fully saturated rings. The van der Waals surface area contributed by atoms with Gasteiger partial charge in [-0.05, 0) is 41.4 Å². The third-order valence-corrected chi connectivity index (χ3v) is 4.03. The van der Waals surface area contributed by atoms with Crippen LogP contribution in [0.25, 0.3) is 0 Å². The van der Waals surface area contributed by atoms with E-state index in [9.17, 15) is 8.42 Å². The molecule has 0 spiro atoms. The highest BCUT2D eigenvalue weighted by molar-refractivity contribution is 7.72. The number of benzene rings is 1. The predicted molar refractivity (Wildman–Crippen MR) is 76.9 cm³/mol. The Labute approximate surface area is 112 Å². The molecule has 0 bridgehead atoms. The van der Waals surface area contributed by atoms with Gasteiger partial charge < -0.3 is 0 Å². The lowest BCUT2D eigenvalue weighted by atomic mass is 9.72. The molecule has 0 aromatic heterocycles. The van der Waals surface area contributed by atoms with Gasteiger partial charge in [-0.2, -0.15) is 0 Å². The van der Waals surface area contributed by atoms with E-state index in [-0.39, 0.29) is 10.8 Å². The standard InChI is InChI=1S/C15H24O2S/c1-11-7-8-12(9-13(11)18(16)17)15(5,6)10-14(2,3)4/h7-9,18H,10H2,1-6H3. The maximum absolute atomic E-state index is 11.2. The lowest BCUT2D eigenvalue weighted by molar-refractivity contribution is 0.284. The van der Waals surface area contributed by atoms with E-state index in [2.05, 4.69) is 34.6 Å². The fourth-order valence-corrected chi connectivity index (χ4v) is 3.26. The zero-order chi connectivity index (χ0) is 14.1. The van der Waals surface area contributed by atoms with Crippen LogP contribution in [0.15, 0.2) is 23.1 Å². The minimum absolute atomic E-state index is 0.0218. The molecule has 1 aromatic carbocycles. The van der Waals surface area contributed by atoms with E-state index < -0.39 is 10.7 Å². The third kappa shape index (κ3) is 3.84. The molecule has 0 unspecified atom stereocenters. The van der Waals surface area contributed by atoms with Gasteiger partial charge in [-0.1, -0.05) is 46.8 Å². The minimum Gasteiger partial charge on any atom is -0.227 e. The van der Waals surface area contributed by atoms with E-state index in [1.165, 1.54) is 0 Å². The number of hydrogen-bond donors (Lipinski definition) is 1. The van der Waals surface area contributed by atoms with Gasteiger partial charge in [0.2, 0.25) is 0 Å². The highest BCUT2D eigenvalue weighted by Crippen LogP contribution is 2.36. The average molecular weight is 268 g/mol. The highest BCUT2D eigenvalue weighted by Gasteiger charge is 2.27. The van der Waals surface area contributed by atoms with Gasteiger partial charge in [0, 0.05) is 0 Å². The van der Waals surface area contributed by atoms with Crippen LogP contribution in [-0.4, -0.2) is 8.42 Å². The fraction of sp³-hybridized carbons (Fsp3) is 0.600. The summed E-state index contributed by atoms with van der Waals surface area (Å²) in [6, 6.07) is 5.77. The van der Waals surface area contributed by atoms with E-state index in [4.69, 9.17) is 0 Å². The summed E-state index contributed by atoms with van der Waals surface area (Å²) in [5.41, 5.74) is 2.11. The topological polar surface area (TPSA) is 34.1 Å². The first-order chi connectivity index (χ1) is 8.03. The van der Waals surface area contributed by atoms with Crippen molar-refractivity contribution in [2.75, 3.05) is 0 Å². The minimum atomic E-state index is -2.51. The average Bonchev–Trinajstić information content (AvgIpc) is 2.13. The molecule has 0 aliphatic heterocycles. The zero-order valence-corrected chi connectivity index (χ0v) is 13.1. The summed E-state index contributed by atoms with van der Waals surface area (Å²) in [4.78, 5) is 0.449. The predicted octanol–water partition coefficient (Wildman–Crippen LogP) is 3.68. The van der Waals surface area contributed by atoms with Crippen LogP contribution >= 0.6 is 0 Å². The van der Waals surface area contributed by atoms with Crippen LogP contribution in [0.2, 0.25) is 0 Å². The van der Waals surface area contributed by atoms with Crippen molar-refractivity contribution in [1.29, 1.82) is 0 Å². The highest BCUT2D eigenvalue weighted by atomic mass is 32.2. The molecular weight excluding hydrogens is 244 g/mol. The van der Waals surface area contributed by atoms with Gasteiger partial charge >= 0.3 is 0 Å². The lowest BCUT2D eigenvalue weighted by Gasteiger charge is -2.33. The van der Waals surface area contributed by atoms with Gasteiger partial charge in [-0.3, -0.25) is 0 Å². The normalized spacial score (nSPS) is 13.1. The molecule has 0 radical (unpaired) electrons. The van der Waals surface area contributed by atoms with E-state index in [1.54, 1.807) is 0 Å². The third-order valence-electron chi connectivity index (χ3n) is 3.16. The summed E-state index contributed by atoms with van der Waals surface area (Å²) in [6.07, 6.45) is 1.01. The second-order valence-corrected chi connectivity index (χ2v) is 7.88. The van der Waals surface area contributed by atoms with Crippen LogP contribution < -0.4 is 0 Å². The van der Waals surface area contributed by atoms with Crippen molar-refractivity contribution in [2.45, 2.75) is 58.3 Å². The Balaban J connectivity index is 3.21. The van der Waals surface area contributed by atoms with Crippen LogP contribution in [-0.2, 0) is 16.1 Å². The van der Waals surface area contributed by atoms with Crippen molar-refractivity contribution in [3.05, 3.63) is 29.3 Å². The van der Waals surface area contributed by atoms with Gasteiger partial charge in [0.05, 0.1) is 4.90 Å². The zero-order valence-electron chi connectivity index (χ0n) is 12.2. The van der Waals surface area contributed by atoms with E-state index in [0.29, 0.717) is 4.90 Å². The molecular formula is C15H24O2S. The molecule has 3 heteroatoms. The van der Waals surface area contributed by atoms with E-state index >= 15 is 0 Å². The smallest absolute Gasteiger partial charge is 0.168 e. The Hall–Kier alpha value is -0.830. The van der Waals surface area contributed by atoms with Crippen molar-refractivity contribution in [3.8, 4) is 0 Å². The molecule has 18 heavy (non-hydrogen) atoms. The molecule has 2 nitrogen and oxygen atoms in total. The van der Waals surface area contributed by atoms with Crippen molar-refractivity contribution >= 4 is 10.7 Å². The Morgan fingerprint density at radius 1 is 1.06 bits per heavy atom. The molecule has 1 aromatic rings. The quantitative estimate of drug-likeness (QED) is 0.849. The molecule has 0 saturated carbocycles. The molecule has 0 atom stereocenters. The molecule has 0 heterocycles. The largest absolute Gasteiger partial charge is 0.227 e. The summed E-state index contributed by atoms with van der Waals surface area (Å²) >= 11 is 0. The van der Waals surface area contributed by atoms with Crippen molar-refractivity contribution in [2.24, 2.45) is 5.41 Å². The SMILES string of the molecule is Cc1ccc(C(C)(C)CC(C)(C)C)cc1[SH](=O)=O. The van der Waals surface area contributed by atoms with Crippen molar-refractivity contribution in [3.63, 3.8) is 0 Å². The number of thiol groups is 1. The van der Waals surface area contributed by atoms with Gasteiger partial charge in [0.15, 0.2) is 10.7 Å². The van der Waals surface area contributed by atoms with Crippen LogP contribution in [0.1, 0.15) is 52.2 Å². The summed E-state index contributed by atoms with van der Waals surface area (Å²) in [5, 5.41) is 0. The molecule has 0 aliphatic rings. The summed E-state index contributed by atoms with van der Waals surface area (Å²) < 4.78 is 22.4. The van der Waals surface area contributed by atoms with Crippen LogP contribution in [0.3, 0.4) is 0 Å². The summed E-state index contributed by atoms with van der Waals surface area (Å²) in [7, 11) is -2.51. The Morgan fingerprint density at radius 3 is 2.06 bits per heavy atom. The Bertz CT molecular complexity index is 498. The van der Waals surface area contributed by atoms with E-state index in [1.807, 2.05) is 25.1 Å². The maximum atomic E-state index is 11.2. The molecule has 0 N–H and O–H groups in total. The van der Waals surface area contributed by atoms with E-state index in [0.717, 1.165) is 17.5 Å². The molecule has 0 amide bonds.